The first-order valence-corrected chi connectivity index (χ1v) is 9.53. The summed E-state index contributed by atoms with van der Waals surface area (Å²) in [5.74, 6) is 1.69. The van der Waals surface area contributed by atoms with Crippen molar-refractivity contribution in [3.63, 3.8) is 0 Å². The van der Waals surface area contributed by atoms with E-state index in [0.29, 0.717) is 13.1 Å². The quantitative estimate of drug-likeness (QED) is 0.427. The van der Waals surface area contributed by atoms with Crippen LogP contribution in [-0.2, 0) is 13.1 Å². The van der Waals surface area contributed by atoms with E-state index in [1.165, 1.54) is 4.88 Å². The fraction of sp³-hybridized carbons (Fsp3) is 0.474. The number of rotatable bonds is 8. The highest BCUT2D eigenvalue weighted by Crippen LogP contribution is 2.16. The van der Waals surface area contributed by atoms with E-state index in [0.717, 1.165) is 47.4 Å². The first-order chi connectivity index (χ1) is 12.1. The smallest absolute Gasteiger partial charge is 0.191 e. The van der Waals surface area contributed by atoms with Gasteiger partial charge in [0.05, 0.1) is 18.8 Å². The third-order valence-corrected chi connectivity index (χ3v) is 4.90. The number of guanidine groups is 1. The standard InChI is InChI=1S/C19H28N4OS/c1-5-6-10-24-17-9-7-8-16(11-17)12-21-19(20-4)22-13-18-23-14(2)15(3)25-18/h7-9,11H,5-6,10,12-13H2,1-4H3,(H2,20,21,22). The van der Waals surface area contributed by atoms with Crippen LogP contribution < -0.4 is 15.4 Å². The summed E-state index contributed by atoms with van der Waals surface area (Å²) in [4.78, 5) is 10.1. The van der Waals surface area contributed by atoms with Crippen LogP contribution >= 0.6 is 11.3 Å². The Labute approximate surface area is 154 Å². The molecule has 0 fully saturated rings. The van der Waals surface area contributed by atoms with Gasteiger partial charge in [-0.05, 0) is 38.0 Å². The van der Waals surface area contributed by atoms with Crippen molar-refractivity contribution in [1.82, 2.24) is 15.6 Å². The van der Waals surface area contributed by atoms with Crippen molar-refractivity contribution in [2.75, 3.05) is 13.7 Å². The van der Waals surface area contributed by atoms with Crippen molar-refractivity contribution < 1.29 is 4.74 Å². The van der Waals surface area contributed by atoms with E-state index in [-0.39, 0.29) is 0 Å². The summed E-state index contributed by atoms with van der Waals surface area (Å²) in [6, 6.07) is 8.18. The van der Waals surface area contributed by atoms with Crippen LogP contribution in [0.4, 0.5) is 0 Å². The van der Waals surface area contributed by atoms with Gasteiger partial charge in [-0.3, -0.25) is 4.99 Å². The van der Waals surface area contributed by atoms with Crippen LogP contribution in [0.2, 0.25) is 0 Å². The molecule has 0 atom stereocenters. The number of aromatic nitrogens is 1. The van der Waals surface area contributed by atoms with Crippen LogP contribution in [0, 0.1) is 13.8 Å². The van der Waals surface area contributed by atoms with Crippen molar-refractivity contribution in [2.24, 2.45) is 4.99 Å². The summed E-state index contributed by atoms with van der Waals surface area (Å²) in [5.41, 5.74) is 2.27. The number of thiazole rings is 1. The number of aryl methyl sites for hydroxylation is 2. The maximum atomic E-state index is 5.76. The van der Waals surface area contributed by atoms with Gasteiger partial charge < -0.3 is 15.4 Å². The Kier molecular flexibility index (Phi) is 7.73. The normalized spacial score (nSPS) is 11.4. The van der Waals surface area contributed by atoms with Crippen LogP contribution in [0.25, 0.3) is 0 Å². The lowest BCUT2D eigenvalue weighted by Gasteiger charge is -2.12. The van der Waals surface area contributed by atoms with E-state index in [2.05, 4.69) is 46.6 Å². The monoisotopic (exact) mass is 360 g/mol. The van der Waals surface area contributed by atoms with Gasteiger partial charge in [0.1, 0.15) is 10.8 Å². The first kappa shape index (κ1) is 19.2. The fourth-order valence-electron chi connectivity index (χ4n) is 2.26. The Bertz CT molecular complexity index is 677. The molecule has 0 spiro atoms. The molecular formula is C19H28N4OS. The topological polar surface area (TPSA) is 58.5 Å². The summed E-state index contributed by atoms with van der Waals surface area (Å²) in [7, 11) is 1.78. The van der Waals surface area contributed by atoms with Crippen molar-refractivity contribution in [3.05, 3.63) is 45.4 Å². The lowest BCUT2D eigenvalue weighted by Crippen LogP contribution is -2.36. The van der Waals surface area contributed by atoms with E-state index in [9.17, 15) is 0 Å². The number of hydrogen-bond acceptors (Lipinski definition) is 4. The number of benzene rings is 1. The van der Waals surface area contributed by atoms with Crippen molar-refractivity contribution in [3.8, 4) is 5.75 Å². The van der Waals surface area contributed by atoms with Crippen molar-refractivity contribution in [1.29, 1.82) is 0 Å². The Morgan fingerprint density at radius 3 is 2.72 bits per heavy atom. The molecule has 0 saturated heterocycles. The zero-order valence-electron chi connectivity index (χ0n) is 15.6. The molecule has 0 aliphatic carbocycles. The number of nitrogens with one attached hydrogen (secondary N) is 2. The zero-order valence-corrected chi connectivity index (χ0v) is 16.4. The maximum Gasteiger partial charge on any atom is 0.191 e. The predicted octanol–water partition coefficient (Wildman–Crippen LogP) is 3.80. The summed E-state index contributed by atoms with van der Waals surface area (Å²) < 4.78 is 5.76. The molecule has 1 aromatic heterocycles. The molecule has 2 rings (SSSR count). The predicted molar refractivity (Wildman–Crippen MR) is 105 cm³/mol. The second kappa shape index (κ2) is 10.0. The lowest BCUT2D eigenvalue weighted by molar-refractivity contribution is 0.309. The third kappa shape index (κ3) is 6.38. The van der Waals surface area contributed by atoms with Gasteiger partial charge in [0, 0.05) is 18.5 Å². The first-order valence-electron chi connectivity index (χ1n) is 8.71. The largest absolute Gasteiger partial charge is 0.494 e. The minimum absolute atomic E-state index is 0.680. The zero-order chi connectivity index (χ0) is 18.1. The lowest BCUT2D eigenvalue weighted by atomic mass is 10.2. The highest BCUT2D eigenvalue weighted by molar-refractivity contribution is 7.11. The van der Waals surface area contributed by atoms with Crippen LogP contribution in [-0.4, -0.2) is 24.6 Å². The Hall–Kier alpha value is -2.08. The van der Waals surface area contributed by atoms with Gasteiger partial charge in [-0.15, -0.1) is 11.3 Å². The fourth-order valence-corrected chi connectivity index (χ4v) is 3.13. The van der Waals surface area contributed by atoms with Gasteiger partial charge in [-0.2, -0.15) is 0 Å². The highest BCUT2D eigenvalue weighted by Gasteiger charge is 2.05. The summed E-state index contributed by atoms with van der Waals surface area (Å²) >= 11 is 1.72. The van der Waals surface area contributed by atoms with Gasteiger partial charge >= 0.3 is 0 Å². The average molecular weight is 361 g/mol. The number of unbranched alkanes of at least 4 members (excludes halogenated alkanes) is 1. The summed E-state index contributed by atoms with van der Waals surface area (Å²) in [5, 5.41) is 7.71. The molecule has 0 aliphatic rings. The van der Waals surface area contributed by atoms with Crippen LogP contribution in [0.3, 0.4) is 0 Å². The third-order valence-electron chi connectivity index (χ3n) is 3.83. The molecule has 25 heavy (non-hydrogen) atoms. The molecule has 0 aliphatic heterocycles. The Balaban J connectivity index is 1.82. The molecular weight excluding hydrogens is 332 g/mol. The summed E-state index contributed by atoms with van der Waals surface area (Å²) in [6.07, 6.45) is 2.22. The Morgan fingerprint density at radius 2 is 2.04 bits per heavy atom. The SMILES string of the molecule is CCCCOc1cccc(CNC(=NC)NCc2nc(C)c(C)s2)c1. The van der Waals surface area contributed by atoms with Crippen molar-refractivity contribution >= 4 is 17.3 Å². The minimum Gasteiger partial charge on any atom is -0.494 e. The van der Waals surface area contributed by atoms with Crippen LogP contribution in [0.1, 0.15) is 40.9 Å². The number of nitrogens with zero attached hydrogens (tertiary/aromatic N) is 2. The average Bonchev–Trinajstić information content (AvgIpc) is 2.94. The number of ether oxygens (including phenoxy) is 1. The van der Waals surface area contributed by atoms with E-state index < -0.39 is 0 Å². The molecule has 5 nitrogen and oxygen atoms in total. The Morgan fingerprint density at radius 1 is 1.24 bits per heavy atom. The van der Waals surface area contributed by atoms with E-state index >= 15 is 0 Å². The number of hydrogen-bond donors (Lipinski definition) is 2. The second-order valence-electron chi connectivity index (χ2n) is 5.88. The van der Waals surface area contributed by atoms with Gasteiger partial charge in [0.15, 0.2) is 5.96 Å². The highest BCUT2D eigenvalue weighted by atomic mass is 32.1. The molecule has 1 heterocycles. The molecule has 0 unspecified atom stereocenters. The summed E-state index contributed by atoms with van der Waals surface area (Å²) in [6.45, 7) is 8.44. The molecule has 2 N–H and O–H groups in total. The van der Waals surface area contributed by atoms with Gasteiger partial charge in [0.2, 0.25) is 0 Å². The molecule has 0 amide bonds. The van der Waals surface area contributed by atoms with Crippen molar-refractivity contribution in [2.45, 2.75) is 46.7 Å². The molecule has 0 radical (unpaired) electrons. The van der Waals surface area contributed by atoms with Gasteiger partial charge in [0.25, 0.3) is 0 Å². The molecule has 136 valence electrons. The van der Waals surface area contributed by atoms with E-state index in [1.807, 2.05) is 19.1 Å². The number of aliphatic imine (C=N–C) groups is 1. The molecule has 0 bridgehead atoms. The minimum atomic E-state index is 0.680. The van der Waals surface area contributed by atoms with Gasteiger partial charge in [-0.25, -0.2) is 4.98 Å². The van der Waals surface area contributed by atoms with E-state index in [1.54, 1.807) is 18.4 Å². The molecule has 1 aromatic carbocycles. The van der Waals surface area contributed by atoms with Crippen LogP contribution in [0.15, 0.2) is 29.3 Å². The molecule has 2 aromatic rings. The van der Waals surface area contributed by atoms with Gasteiger partial charge in [-0.1, -0.05) is 25.5 Å². The van der Waals surface area contributed by atoms with Crippen LogP contribution in [0.5, 0.6) is 5.75 Å². The maximum absolute atomic E-state index is 5.76. The molecule has 6 heteroatoms. The second-order valence-corrected chi connectivity index (χ2v) is 7.17. The molecule has 0 saturated carbocycles. The van der Waals surface area contributed by atoms with E-state index in [4.69, 9.17) is 4.74 Å².